The van der Waals surface area contributed by atoms with Crippen molar-refractivity contribution >= 4 is 23.8 Å². The van der Waals surface area contributed by atoms with Crippen LogP contribution in [-0.2, 0) is 9.47 Å². The molecule has 0 aliphatic rings. The summed E-state index contributed by atoms with van der Waals surface area (Å²) in [5.74, 6) is -0.471. The SMILES string of the molecule is CCOC(=O)c1cnc(SC)nc1O[C@H](CN(C)C(=O)OC(C)(C)C)c1ccccc1. The zero-order valence-corrected chi connectivity index (χ0v) is 19.6. The summed E-state index contributed by atoms with van der Waals surface area (Å²) in [5.41, 5.74) is 0.323. The Bertz CT molecular complexity index is 886. The molecule has 0 unspecified atom stereocenters. The number of aromatic nitrogens is 2. The minimum absolute atomic E-state index is 0.101. The highest BCUT2D eigenvalue weighted by Crippen LogP contribution is 2.27. The Balaban J connectivity index is 2.36. The molecule has 8 nitrogen and oxygen atoms in total. The Morgan fingerprint density at radius 3 is 2.45 bits per heavy atom. The number of carbonyl (C=O) groups is 2. The van der Waals surface area contributed by atoms with Gasteiger partial charge in [0, 0.05) is 13.2 Å². The van der Waals surface area contributed by atoms with Gasteiger partial charge in [-0.05, 0) is 39.5 Å². The Labute approximate surface area is 187 Å². The second kappa shape index (κ2) is 11.0. The van der Waals surface area contributed by atoms with Gasteiger partial charge in [0.15, 0.2) is 5.16 Å². The summed E-state index contributed by atoms with van der Waals surface area (Å²) >= 11 is 1.33. The van der Waals surface area contributed by atoms with Crippen LogP contribution in [0.25, 0.3) is 0 Å². The Morgan fingerprint density at radius 2 is 1.87 bits per heavy atom. The molecule has 0 saturated heterocycles. The van der Waals surface area contributed by atoms with Crippen molar-refractivity contribution in [2.45, 2.75) is 44.6 Å². The number of thioether (sulfide) groups is 1. The van der Waals surface area contributed by atoms with E-state index in [0.717, 1.165) is 5.56 Å². The molecule has 0 aliphatic heterocycles. The van der Waals surface area contributed by atoms with Crippen LogP contribution in [0.2, 0.25) is 0 Å². The molecule has 168 valence electrons. The van der Waals surface area contributed by atoms with E-state index in [2.05, 4.69) is 9.97 Å². The van der Waals surface area contributed by atoms with Gasteiger partial charge in [0.1, 0.15) is 17.3 Å². The first-order chi connectivity index (χ1) is 14.6. The van der Waals surface area contributed by atoms with Crippen molar-refractivity contribution in [1.82, 2.24) is 14.9 Å². The first-order valence-electron chi connectivity index (χ1n) is 9.88. The average Bonchev–Trinajstić information content (AvgIpc) is 2.72. The number of hydrogen-bond donors (Lipinski definition) is 0. The number of benzene rings is 1. The second-order valence-electron chi connectivity index (χ2n) is 7.67. The van der Waals surface area contributed by atoms with Gasteiger partial charge in [-0.1, -0.05) is 42.1 Å². The molecule has 1 aromatic carbocycles. The van der Waals surface area contributed by atoms with Crippen LogP contribution in [0.15, 0.2) is 41.7 Å². The molecule has 0 N–H and O–H groups in total. The Kier molecular flexibility index (Phi) is 8.67. The molecule has 0 spiro atoms. The maximum Gasteiger partial charge on any atom is 0.410 e. The molecule has 31 heavy (non-hydrogen) atoms. The fraction of sp³-hybridized carbons (Fsp3) is 0.455. The lowest BCUT2D eigenvalue weighted by Gasteiger charge is -2.28. The van der Waals surface area contributed by atoms with Crippen LogP contribution in [0.5, 0.6) is 5.88 Å². The topological polar surface area (TPSA) is 90.9 Å². The highest BCUT2D eigenvalue weighted by molar-refractivity contribution is 7.98. The summed E-state index contributed by atoms with van der Waals surface area (Å²) in [7, 11) is 1.63. The number of likely N-dealkylation sites (N-methyl/N-ethyl adjacent to an activating group) is 1. The van der Waals surface area contributed by atoms with Gasteiger partial charge in [-0.2, -0.15) is 4.98 Å². The fourth-order valence-corrected chi connectivity index (χ4v) is 2.90. The largest absolute Gasteiger partial charge is 0.467 e. The summed E-state index contributed by atoms with van der Waals surface area (Å²) < 4.78 is 16.7. The summed E-state index contributed by atoms with van der Waals surface area (Å²) in [4.78, 5) is 34.8. The highest BCUT2D eigenvalue weighted by Gasteiger charge is 2.26. The minimum Gasteiger partial charge on any atom is -0.467 e. The van der Waals surface area contributed by atoms with Gasteiger partial charge in [-0.15, -0.1) is 0 Å². The molecular formula is C22H29N3O5S. The maximum absolute atomic E-state index is 12.5. The number of ether oxygens (including phenoxy) is 3. The van der Waals surface area contributed by atoms with E-state index in [4.69, 9.17) is 14.2 Å². The van der Waals surface area contributed by atoms with E-state index in [0.29, 0.717) is 5.16 Å². The van der Waals surface area contributed by atoms with Crippen LogP contribution in [0.1, 0.15) is 49.7 Å². The van der Waals surface area contributed by atoms with Crippen molar-refractivity contribution < 1.29 is 23.8 Å². The van der Waals surface area contributed by atoms with Crippen molar-refractivity contribution in [3.8, 4) is 5.88 Å². The van der Waals surface area contributed by atoms with Crippen molar-refractivity contribution in [1.29, 1.82) is 0 Å². The number of esters is 1. The smallest absolute Gasteiger partial charge is 0.410 e. The van der Waals surface area contributed by atoms with Crippen molar-refractivity contribution in [2.75, 3.05) is 26.5 Å². The zero-order valence-electron chi connectivity index (χ0n) is 18.7. The summed E-state index contributed by atoms with van der Waals surface area (Å²) in [5, 5.41) is 0.454. The predicted octanol–water partition coefficient (Wildman–Crippen LogP) is 4.36. The predicted molar refractivity (Wildman–Crippen MR) is 118 cm³/mol. The first-order valence-corrected chi connectivity index (χ1v) is 11.1. The van der Waals surface area contributed by atoms with E-state index in [1.165, 1.54) is 22.9 Å². The molecule has 0 aliphatic carbocycles. The van der Waals surface area contributed by atoms with E-state index in [1.807, 2.05) is 36.6 Å². The molecule has 2 aromatic rings. The van der Waals surface area contributed by atoms with E-state index >= 15 is 0 Å². The van der Waals surface area contributed by atoms with Crippen LogP contribution in [0, 0.1) is 0 Å². The number of amides is 1. The fourth-order valence-electron chi connectivity index (χ4n) is 2.56. The second-order valence-corrected chi connectivity index (χ2v) is 8.45. The van der Waals surface area contributed by atoms with Crippen molar-refractivity contribution in [3.05, 3.63) is 47.7 Å². The molecule has 0 fully saturated rings. The summed E-state index contributed by atoms with van der Waals surface area (Å²) in [6, 6.07) is 9.40. The summed E-state index contributed by atoms with van der Waals surface area (Å²) in [6.07, 6.45) is 2.14. The molecule has 1 aromatic heterocycles. The standard InChI is InChI=1S/C22H29N3O5S/c1-7-28-19(26)16-13-23-20(31-6)24-18(16)29-17(15-11-9-8-10-12-15)14-25(5)21(27)30-22(2,3)4/h8-13,17H,7,14H2,1-6H3/t17-/m1/s1. The number of hydrogen-bond acceptors (Lipinski definition) is 8. The van der Waals surface area contributed by atoms with E-state index in [9.17, 15) is 9.59 Å². The average molecular weight is 448 g/mol. The van der Waals surface area contributed by atoms with E-state index < -0.39 is 23.8 Å². The third-order valence-corrected chi connectivity index (χ3v) is 4.54. The van der Waals surface area contributed by atoms with E-state index in [-0.39, 0.29) is 24.6 Å². The molecular weight excluding hydrogens is 418 g/mol. The lowest BCUT2D eigenvalue weighted by atomic mass is 10.1. The Morgan fingerprint density at radius 1 is 1.19 bits per heavy atom. The van der Waals surface area contributed by atoms with Gasteiger partial charge in [0.05, 0.1) is 13.2 Å². The van der Waals surface area contributed by atoms with Gasteiger partial charge in [0.2, 0.25) is 5.88 Å². The number of carbonyl (C=O) groups excluding carboxylic acids is 2. The lowest BCUT2D eigenvalue weighted by Crippen LogP contribution is -2.37. The van der Waals surface area contributed by atoms with Crippen LogP contribution in [0.3, 0.4) is 0 Å². The van der Waals surface area contributed by atoms with Crippen molar-refractivity contribution in [3.63, 3.8) is 0 Å². The molecule has 1 atom stereocenters. The highest BCUT2D eigenvalue weighted by atomic mass is 32.2. The van der Waals surface area contributed by atoms with Gasteiger partial charge >= 0.3 is 12.1 Å². The normalized spacial score (nSPS) is 12.1. The zero-order chi connectivity index (χ0) is 23.0. The monoisotopic (exact) mass is 447 g/mol. The van der Waals surface area contributed by atoms with Crippen LogP contribution in [0.4, 0.5) is 4.79 Å². The minimum atomic E-state index is -0.620. The van der Waals surface area contributed by atoms with Crippen LogP contribution >= 0.6 is 11.8 Å². The molecule has 1 heterocycles. The Hall–Kier alpha value is -2.81. The van der Waals surface area contributed by atoms with Gasteiger partial charge in [-0.3, -0.25) is 0 Å². The van der Waals surface area contributed by atoms with Gasteiger partial charge in [0.25, 0.3) is 0 Å². The molecule has 0 radical (unpaired) electrons. The van der Waals surface area contributed by atoms with Crippen LogP contribution in [-0.4, -0.2) is 59.0 Å². The van der Waals surface area contributed by atoms with E-state index in [1.54, 1.807) is 34.7 Å². The molecule has 0 saturated carbocycles. The number of rotatable bonds is 8. The number of nitrogens with zero attached hydrogens (tertiary/aromatic N) is 3. The molecule has 1 amide bonds. The lowest BCUT2D eigenvalue weighted by molar-refractivity contribution is 0.0218. The molecule has 0 bridgehead atoms. The summed E-state index contributed by atoms with van der Waals surface area (Å²) in [6.45, 7) is 7.53. The third kappa shape index (κ3) is 7.43. The third-order valence-electron chi connectivity index (χ3n) is 3.98. The molecule has 9 heteroatoms. The van der Waals surface area contributed by atoms with Crippen LogP contribution < -0.4 is 4.74 Å². The molecule has 2 rings (SSSR count). The van der Waals surface area contributed by atoms with Gasteiger partial charge < -0.3 is 19.1 Å². The van der Waals surface area contributed by atoms with Crippen molar-refractivity contribution in [2.24, 2.45) is 0 Å². The first kappa shape index (κ1) is 24.5. The van der Waals surface area contributed by atoms with Gasteiger partial charge in [-0.25, -0.2) is 14.6 Å². The maximum atomic E-state index is 12.5. The quantitative estimate of drug-likeness (QED) is 0.335.